The van der Waals surface area contributed by atoms with E-state index in [9.17, 15) is 0 Å². The molecule has 5 heteroatoms. The minimum absolute atomic E-state index is 0.532. The zero-order valence-electron chi connectivity index (χ0n) is 9.42. The van der Waals surface area contributed by atoms with Gasteiger partial charge in [-0.3, -0.25) is 5.10 Å². The highest BCUT2D eigenvalue weighted by atomic mass is 32.1. The molecule has 1 aromatic heterocycles. The van der Waals surface area contributed by atoms with Gasteiger partial charge < -0.3 is 9.72 Å². The van der Waals surface area contributed by atoms with Crippen molar-refractivity contribution < 1.29 is 4.74 Å². The van der Waals surface area contributed by atoms with Crippen LogP contribution in [0.5, 0.6) is 5.75 Å². The van der Waals surface area contributed by atoms with E-state index in [2.05, 4.69) is 15.2 Å². The average Bonchev–Trinajstić information content (AvgIpc) is 2.63. The number of rotatable bonds is 2. The Bertz CT molecular complexity index is 548. The number of aromatic amines is 2. The summed E-state index contributed by atoms with van der Waals surface area (Å²) < 4.78 is 5.74. The van der Waals surface area contributed by atoms with Crippen LogP contribution in [0.1, 0.15) is 11.1 Å². The van der Waals surface area contributed by atoms with Gasteiger partial charge in [0.05, 0.1) is 7.11 Å². The Morgan fingerprint density at radius 3 is 2.31 bits per heavy atom. The molecule has 0 aliphatic carbocycles. The maximum Gasteiger partial charge on any atom is 0.192 e. The summed E-state index contributed by atoms with van der Waals surface area (Å²) in [6.07, 6.45) is 0. The van der Waals surface area contributed by atoms with Crippen LogP contribution >= 0.6 is 12.2 Å². The highest BCUT2D eigenvalue weighted by Crippen LogP contribution is 2.28. The van der Waals surface area contributed by atoms with Crippen molar-refractivity contribution in [2.75, 3.05) is 7.11 Å². The summed E-state index contributed by atoms with van der Waals surface area (Å²) in [6.45, 7) is 4.05. The summed E-state index contributed by atoms with van der Waals surface area (Å²) in [5, 5.41) is 6.87. The maximum absolute atomic E-state index is 5.21. The first-order chi connectivity index (χ1) is 7.61. The fourth-order valence-electron chi connectivity index (χ4n) is 1.80. The molecule has 0 aliphatic heterocycles. The fourth-order valence-corrected chi connectivity index (χ4v) is 1.95. The number of hydrogen-bond donors (Lipinski definition) is 2. The number of aromatic nitrogens is 3. The van der Waals surface area contributed by atoms with Gasteiger partial charge in [0.1, 0.15) is 5.75 Å². The molecular formula is C11H13N3OS. The molecule has 1 aromatic carbocycles. The molecule has 0 unspecified atom stereocenters. The summed E-state index contributed by atoms with van der Waals surface area (Å²) in [6, 6.07) is 3.96. The molecule has 0 atom stereocenters. The summed E-state index contributed by atoms with van der Waals surface area (Å²) in [5.74, 6) is 1.62. The van der Waals surface area contributed by atoms with Crippen LogP contribution in [0.4, 0.5) is 0 Å². The second-order valence-electron chi connectivity index (χ2n) is 3.66. The number of hydrogen-bond acceptors (Lipinski definition) is 3. The van der Waals surface area contributed by atoms with E-state index in [0.717, 1.165) is 28.3 Å². The van der Waals surface area contributed by atoms with Crippen molar-refractivity contribution in [2.24, 2.45) is 0 Å². The van der Waals surface area contributed by atoms with Crippen LogP contribution < -0.4 is 4.74 Å². The third kappa shape index (κ3) is 1.86. The Labute approximate surface area is 98.7 Å². The van der Waals surface area contributed by atoms with Crippen LogP contribution in [-0.2, 0) is 0 Å². The Kier molecular flexibility index (Phi) is 2.78. The molecule has 0 saturated carbocycles. The highest BCUT2D eigenvalue weighted by Gasteiger charge is 2.10. The van der Waals surface area contributed by atoms with Gasteiger partial charge in [-0.1, -0.05) is 0 Å². The van der Waals surface area contributed by atoms with Gasteiger partial charge in [0, 0.05) is 5.56 Å². The van der Waals surface area contributed by atoms with Gasteiger partial charge in [-0.05, 0) is 49.3 Å². The molecule has 0 radical (unpaired) electrons. The summed E-state index contributed by atoms with van der Waals surface area (Å²) >= 11 is 4.97. The lowest BCUT2D eigenvalue weighted by Gasteiger charge is -2.09. The van der Waals surface area contributed by atoms with E-state index in [1.807, 2.05) is 26.0 Å². The van der Waals surface area contributed by atoms with Gasteiger partial charge in [-0.25, -0.2) is 0 Å². The van der Waals surface area contributed by atoms with Crippen LogP contribution in [-0.4, -0.2) is 22.3 Å². The Balaban J connectivity index is 2.61. The van der Waals surface area contributed by atoms with Crippen molar-refractivity contribution in [3.8, 4) is 17.1 Å². The van der Waals surface area contributed by atoms with E-state index in [1.54, 1.807) is 7.11 Å². The number of nitrogens with one attached hydrogen (secondary N) is 2. The first-order valence-electron chi connectivity index (χ1n) is 4.92. The van der Waals surface area contributed by atoms with Gasteiger partial charge in [0.2, 0.25) is 0 Å². The molecule has 0 spiro atoms. The minimum Gasteiger partial charge on any atom is -0.497 e. The number of aryl methyl sites for hydroxylation is 2. The second-order valence-corrected chi connectivity index (χ2v) is 4.07. The van der Waals surface area contributed by atoms with Crippen molar-refractivity contribution in [2.45, 2.75) is 13.8 Å². The molecule has 0 bridgehead atoms. The van der Waals surface area contributed by atoms with Crippen molar-refractivity contribution in [1.29, 1.82) is 0 Å². The van der Waals surface area contributed by atoms with E-state index in [4.69, 9.17) is 17.0 Å². The van der Waals surface area contributed by atoms with E-state index in [0.29, 0.717) is 4.77 Å². The van der Waals surface area contributed by atoms with Crippen molar-refractivity contribution in [1.82, 2.24) is 15.2 Å². The van der Waals surface area contributed by atoms with Crippen molar-refractivity contribution in [3.63, 3.8) is 0 Å². The normalized spacial score (nSPS) is 10.4. The Morgan fingerprint density at radius 1 is 1.25 bits per heavy atom. The lowest BCUT2D eigenvalue weighted by molar-refractivity contribution is 0.414. The quantitative estimate of drug-likeness (QED) is 0.787. The molecular weight excluding hydrogens is 222 g/mol. The first-order valence-corrected chi connectivity index (χ1v) is 5.33. The molecule has 0 fully saturated rings. The number of ether oxygens (including phenoxy) is 1. The van der Waals surface area contributed by atoms with Crippen molar-refractivity contribution in [3.05, 3.63) is 28.0 Å². The summed E-state index contributed by atoms with van der Waals surface area (Å²) in [5.41, 5.74) is 3.28. The lowest BCUT2D eigenvalue weighted by Crippen LogP contribution is -1.93. The van der Waals surface area contributed by atoms with Gasteiger partial charge in [0.15, 0.2) is 10.6 Å². The zero-order chi connectivity index (χ0) is 11.7. The van der Waals surface area contributed by atoms with Gasteiger partial charge in [-0.15, -0.1) is 0 Å². The third-order valence-electron chi connectivity index (χ3n) is 2.48. The van der Waals surface area contributed by atoms with Gasteiger partial charge in [0.25, 0.3) is 0 Å². The zero-order valence-corrected chi connectivity index (χ0v) is 10.2. The van der Waals surface area contributed by atoms with E-state index in [-0.39, 0.29) is 0 Å². The molecule has 1 heterocycles. The predicted octanol–water partition coefficient (Wildman–Crippen LogP) is 2.76. The van der Waals surface area contributed by atoms with Crippen LogP contribution in [0, 0.1) is 18.6 Å². The largest absolute Gasteiger partial charge is 0.497 e. The molecule has 0 aliphatic rings. The van der Waals surface area contributed by atoms with Crippen molar-refractivity contribution >= 4 is 12.2 Å². The average molecular weight is 235 g/mol. The van der Waals surface area contributed by atoms with Crippen LogP contribution in [0.15, 0.2) is 12.1 Å². The Morgan fingerprint density at radius 2 is 1.88 bits per heavy atom. The second kappa shape index (κ2) is 4.09. The SMILES string of the molecule is COc1cc(C)c(-c2n[nH]c(=S)[nH]2)c(C)c1. The molecule has 2 N–H and O–H groups in total. The Hall–Kier alpha value is -1.62. The minimum atomic E-state index is 0.532. The van der Waals surface area contributed by atoms with Gasteiger partial charge in [-0.2, -0.15) is 5.10 Å². The maximum atomic E-state index is 5.21. The smallest absolute Gasteiger partial charge is 0.192 e. The number of nitrogens with zero attached hydrogens (tertiary/aromatic N) is 1. The summed E-state index contributed by atoms with van der Waals surface area (Å²) in [4.78, 5) is 3.02. The topological polar surface area (TPSA) is 53.7 Å². The molecule has 0 saturated heterocycles. The number of benzene rings is 1. The number of H-pyrrole nitrogens is 2. The van der Waals surface area contributed by atoms with E-state index >= 15 is 0 Å². The van der Waals surface area contributed by atoms with Crippen LogP contribution in [0.3, 0.4) is 0 Å². The molecule has 2 rings (SSSR count). The molecule has 84 valence electrons. The van der Waals surface area contributed by atoms with E-state index < -0.39 is 0 Å². The lowest BCUT2D eigenvalue weighted by atomic mass is 10.0. The van der Waals surface area contributed by atoms with Gasteiger partial charge >= 0.3 is 0 Å². The summed E-state index contributed by atoms with van der Waals surface area (Å²) in [7, 11) is 1.66. The molecule has 2 aromatic rings. The molecule has 16 heavy (non-hydrogen) atoms. The standard InChI is InChI=1S/C11H13N3OS/c1-6-4-8(15-3)5-7(2)9(6)10-12-11(16)14-13-10/h4-5H,1-3H3,(H2,12,13,14,16). The number of methoxy groups -OCH3 is 1. The fraction of sp³-hybridized carbons (Fsp3) is 0.273. The first kappa shape index (κ1) is 10.9. The monoisotopic (exact) mass is 235 g/mol. The predicted molar refractivity (Wildman–Crippen MR) is 65.2 cm³/mol. The molecule has 4 nitrogen and oxygen atoms in total. The van der Waals surface area contributed by atoms with Crippen LogP contribution in [0.25, 0.3) is 11.4 Å². The third-order valence-corrected chi connectivity index (χ3v) is 2.67. The van der Waals surface area contributed by atoms with Crippen LogP contribution in [0.2, 0.25) is 0 Å². The molecule has 0 amide bonds. The highest BCUT2D eigenvalue weighted by molar-refractivity contribution is 7.71. The van der Waals surface area contributed by atoms with E-state index in [1.165, 1.54) is 0 Å².